The molecule has 2 heterocycles. The van der Waals surface area contributed by atoms with Gasteiger partial charge < -0.3 is 15.3 Å². The molecule has 2 aromatic rings. The molecule has 0 saturated heterocycles. The monoisotopic (exact) mass is 345 g/mol. The lowest BCUT2D eigenvalue weighted by Gasteiger charge is -2.33. The topological polar surface area (TPSA) is 82.5 Å². The average molecular weight is 345 g/mol. The van der Waals surface area contributed by atoms with Gasteiger partial charge in [-0.15, -0.1) is 11.3 Å². The van der Waals surface area contributed by atoms with E-state index in [9.17, 15) is 9.59 Å². The number of nitrogens with zero attached hydrogens (tertiary/aromatic N) is 2. The first-order valence-corrected chi connectivity index (χ1v) is 8.66. The molecule has 2 unspecified atom stereocenters. The van der Waals surface area contributed by atoms with Crippen molar-refractivity contribution in [3.05, 3.63) is 46.4 Å². The summed E-state index contributed by atoms with van der Waals surface area (Å²) < 4.78 is 0. The number of aromatic nitrogens is 1. The third kappa shape index (κ3) is 3.41. The van der Waals surface area contributed by atoms with Gasteiger partial charge in [-0.25, -0.2) is 4.98 Å². The van der Waals surface area contributed by atoms with Crippen molar-refractivity contribution in [3.8, 4) is 0 Å². The lowest BCUT2D eigenvalue weighted by atomic mass is 9.89. The van der Waals surface area contributed by atoms with Gasteiger partial charge in [0.1, 0.15) is 5.01 Å². The van der Waals surface area contributed by atoms with E-state index in [4.69, 9.17) is 5.11 Å². The molecular formula is C17H19N3O3S. The van der Waals surface area contributed by atoms with Gasteiger partial charge in [0.15, 0.2) is 0 Å². The molecule has 24 heavy (non-hydrogen) atoms. The minimum Gasteiger partial charge on any atom is -0.481 e. The summed E-state index contributed by atoms with van der Waals surface area (Å²) in [5, 5.41) is 14.4. The maximum atomic E-state index is 12.8. The second-order valence-electron chi connectivity index (χ2n) is 5.85. The highest BCUT2D eigenvalue weighted by Crippen LogP contribution is 2.35. The van der Waals surface area contributed by atoms with Gasteiger partial charge in [0, 0.05) is 30.9 Å². The minimum absolute atomic E-state index is 0.142. The van der Waals surface area contributed by atoms with Gasteiger partial charge in [-0.2, -0.15) is 0 Å². The fourth-order valence-electron chi connectivity index (χ4n) is 3.05. The summed E-state index contributed by atoms with van der Waals surface area (Å²) >= 11 is 1.35. The highest BCUT2D eigenvalue weighted by atomic mass is 32.1. The molecule has 6 nitrogen and oxygen atoms in total. The highest BCUT2D eigenvalue weighted by molar-refractivity contribution is 7.09. The number of fused-ring (bicyclic) bond motifs is 1. The number of thiazole rings is 1. The summed E-state index contributed by atoms with van der Waals surface area (Å²) in [7, 11) is 2.01. The molecule has 1 amide bonds. The number of hydrogen-bond acceptors (Lipinski definition) is 5. The van der Waals surface area contributed by atoms with Gasteiger partial charge in [0.2, 0.25) is 5.91 Å². The summed E-state index contributed by atoms with van der Waals surface area (Å²) in [5.41, 5.74) is 2.03. The van der Waals surface area contributed by atoms with Gasteiger partial charge in [0.05, 0.1) is 18.4 Å². The maximum absolute atomic E-state index is 12.8. The maximum Gasteiger partial charge on any atom is 0.305 e. The first-order chi connectivity index (χ1) is 11.6. The number of carbonyl (C=O) groups is 2. The first kappa shape index (κ1) is 16.4. The Morgan fingerprint density at radius 3 is 2.96 bits per heavy atom. The summed E-state index contributed by atoms with van der Waals surface area (Å²) in [6.07, 6.45) is 2.15. The molecule has 0 spiro atoms. The van der Waals surface area contributed by atoms with Crippen molar-refractivity contribution >= 4 is 28.9 Å². The molecule has 1 aliphatic rings. The largest absolute Gasteiger partial charge is 0.481 e. The van der Waals surface area contributed by atoms with Crippen LogP contribution in [0.1, 0.15) is 35.4 Å². The van der Waals surface area contributed by atoms with Crippen molar-refractivity contribution in [1.29, 1.82) is 0 Å². The summed E-state index contributed by atoms with van der Waals surface area (Å²) in [6.45, 7) is 0.788. The normalized spacial score (nSPS) is 17.9. The number of hydrogen-bond donors (Lipinski definition) is 2. The Labute approximate surface area is 144 Å². The van der Waals surface area contributed by atoms with Crippen LogP contribution in [0.4, 0.5) is 5.69 Å². The molecule has 3 rings (SSSR count). The molecule has 0 radical (unpaired) electrons. The first-order valence-electron chi connectivity index (χ1n) is 7.78. The third-order valence-corrected chi connectivity index (χ3v) is 5.13. The molecule has 2 N–H and O–H groups in total. The Morgan fingerprint density at radius 1 is 1.46 bits per heavy atom. The average Bonchev–Trinajstić information content (AvgIpc) is 3.09. The Hall–Kier alpha value is -2.41. The van der Waals surface area contributed by atoms with Gasteiger partial charge in [-0.1, -0.05) is 18.2 Å². The van der Waals surface area contributed by atoms with Gasteiger partial charge >= 0.3 is 5.97 Å². The van der Waals surface area contributed by atoms with E-state index in [1.165, 1.54) is 11.3 Å². The van der Waals surface area contributed by atoms with Crippen molar-refractivity contribution in [1.82, 2.24) is 10.3 Å². The number of anilines is 1. The standard InChI is InChI=1S/C17H19N3O3S/c1-20-8-6-12(11-4-2-3-5-14(11)20)16(23)19-13(10-15(21)22)17-18-7-9-24-17/h2-5,7,9,12-13H,6,8,10H2,1H3,(H,19,23)(H,21,22). The zero-order chi connectivity index (χ0) is 17.1. The van der Waals surface area contributed by atoms with Gasteiger partial charge in [-0.05, 0) is 18.1 Å². The van der Waals surface area contributed by atoms with Crippen LogP contribution < -0.4 is 10.2 Å². The number of amides is 1. The van der Waals surface area contributed by atoms with Crippen LogP contribution in [-0.4, -0.2) is 35.6 Å². The molecule has 7 heteroatoms. The molecule has 126 valence electrons. The van der Waals surface area contributed by atoms with Crippen molar-refractivity contribution in [2.24, 2.45) is 0 Å². The zero-order valence-electron chi connectivity index (χ0n) is 13.3. The molecule has 0 fully saturated rings. The highest BCUT2D eigenvalue weighted by Gasteiger charge is 2.31. The summed E-state index contributed by atoms with van der Waals surface area (Å²) in [6, 6.07) is 7.25. The second-order valence-corrected chi connectivity index (χ2v) is 6.78. The Morgan fingerprint density at radius 2 is 2.25 bits per heavy atom. The van der Waals surface area contributed by atoms with E-state index in [0.29, 0.717) is 11.4 Å². The second kappa shape index (κ2) is 7.00. The quantitative estimate of drug-likeness (QED) is 0.869. The molecule has 1 aromatic carbocycles. The number of para-hydroxylation sites is 1. The Kier molecular flexibility index (Phi) is 4.80. The smallest absolute Gasteiger partial charge is 0.305 e. The van der Waals surface area contributed by atoms with Crippen molar-refractivity contribution < 1.29 is 14.7 Å². The van der Waals surface area contributed by atoms with Crippen LogP contribution in [0.3, 0.4) is 0 Å². The van der Waals surface area contributed by atoms with Gasteiger partial charge in [0.25, 0.3) is 0 Å². The van der Waals surface area contributed by atoms with E-state index in [-0.39, 0.29) is 18.2 Å². The summed E-state index contributed by atoms with van der Waals surface area (Å²) in [4.78, 5) is 30.2. The number of carbonyl (C=O) groups excluding carboxylic acids is 1. The third-order valence-electron chi connectivity index (χ3n) is 4.24. The summed E-state index contributed by atoms with van der Waals surface area (Å²) in [5.74, 6) is -1.37. The van der Waals surface area contributed by atoms with Crippen LogP contribution >= 0.6 is 11.3 Å². The predicted octanol–water partition coefficient (Wildman–Crippen LogP) is 2.40. The SMILES string of the molecule is CN1CCC(C(=O)NC(CC(=O)O)c2nccs2)c2ccccc21. The van der Waals surface area contributed by atoms with E-state index in [0.717, 1.165) is 17.8 Å². The lowest BCUT2D eigenvalue weighted by Crippen LogP contribution is -2.38. The fraction of sp³-hybridized carbons (Fsp3) is 0.353. The van der Waals surface area contributed by atoms with E-state index in [2.05, 4.69) is 15.2 Å². The number of aliphatic carboxylic acids is 1. The molecule has 0 aliphatic carbocycles. The Balaban J connectivity index is 1.81. The van der Waals surface area contributed by atoms with Crippen molar-refractivity contribution in [2.75, 3.05) is 18.5 Å². The molecule has 1 aromatic heterocycles. The molecule has 2 atom stereocenters. The van der Waals surface area contributed by atoms with Crippen LogP contribution in [0.2, 0.25) is 0 Å². The number of carboxylic acid groups (broad SMARTS) is 1. The number of carboxylic acids is 1. The molecule has 0 saturated carbocycles. The van der Waals surface area contributed by atoms with Crippen LogP contribution in [0, 0.1) is 0 Å². The van der Waals surface area contributed by atoms with E-state index < -0.39 is 12.0 Å². The van der Waals surface area contributed by atoms with E-state index in [1.54, 1.807) is 11.6 Å². The number of nitrogens with one attached hydrogen (secondary N) is 1. The zero-order valence-corrected chi connectivity index (χ0v) is 14.1. The van der Waals surface area contributed by atoms with Crippen LogP contribution in [0.5, 0.6) is 0 Å². The van der Waals surface area contributed by atoms with Crippen LogP contribution in [0.25, 0.3) is 0 Å². The van der Waals surface area contributed by atoms with E-state index >= 15 is 0 Å². The van der Waals surface area contributed by atoms with Crippen molar-refractivity contribution in [2.45, 2.75) is 24.8 Å². The van der Waals surface area contributed by atoms with Crippen LogP contribution in [-0.2, 0) is 9.59 Å². The molecular weight excluding hydrogens is 326 g/mol. The fourth-order valence-corrected chi connectivity index (χ4v) is 3.74. The van der Waals surface area contributed by atoms with Crippen molar-refractivity contribution in [3.63, 3.8) is 0 Å². The van der Waals surface area contributed by atoms with E-state index in [1.807, 2.05) is 31.3 Å². The number of rotatable bonds is 5. The Bertz CT molecular complexity index is 732. The molecule has 0 bridgehead atoms. The van der Waals surface area contributed by atoms with Crippen LogP contribution in [0.15, 0.2) is 35.8 Å². The molecule has 1 aliphatic heterocycles. The predicted molar refractivity (Wildman–Crippen MR) is 92.3 cm³/mol. The number of benzene rings is 1. The van der Waals surface area contributed by atoms with Gasteiger partial charge in [-0.3, -0.25) is 9.59 Å². The minimum atomic E-state index is -0.959. The lowest BCUT2D eigenvalue weighted by molar-refractivity contribution is -0.137.